The number of nitrogens with one attached hydrogen (secondary N) is 2. The van der Waals surface area contributed by atoms with Gasteiger partial charge in [-0.2, -0.15) is 16.8 Å². The van der Waals surface area contributed by atoms with Gasteiger partial charge in [-0.15, -0.1) is 0 Å². The quantitative estimate of drug-likeness (QED) is 0.0653. The summed E-state index contributed by atoms with van der Waals surface area (Å²) in [5.74, 6) is -0.194. The van der Waals surface area contributed by atoms with E-state index in [0.29, 0.717) is 28.1 Å². The number of rotatable bonds is 7. The normalized spacial score (nSPS) is 11.4. The Morgan fingerprint density at radius 3 is 1.72 bits per heavy atom. The van der Waals surface area contributed by atoms with E-state index in [0.717, 1.165) is 33.4 Å². The third-order valence-corrected chi connectivity index (χ3v) is 10.1. The Balaban J connectivity index is 0.000000236. The first-order chi connectivity index (χ1) is 27.4. The van der Waals surface area contributed by atoms with Gasteiger partial charge >= 0.3 is 0 Å². The maximum atomic E-state index is 12.8. The van der Waals surface area contributed by atoms with Gasteiger partial charge in [0.25, 0.3) is 26.1 Å². The summed E-state index contributed by atoms with van der Waals surface area (Å²) in [7, 11) is -4.14. The number of aryl methyl sites for hydroxylation is 4. The first kappa shape index (κ1) is 42.4. The number of fused-ring (bicyclic) bond motifs is 1. The second kappa shape index (κ2) is 18.5. The molecule has 0 radical (unpaired) electrons. The second-order valence-electron chi connectivity index (χ2n) is 13.1. The number of hydrogen-bond donors (Lipinski definition) is 5. The molecule has 0 aliphatic heterocycles. The zero-order chi connectivity index (χ0) is 42.0. The molecule has 0 unspecified atom stereocenters. The van der Waals surface area contributed by atoms with Crippen LogP contribution in [0.1, 0.15) is 21.5 Å². The van der Waals surface area contributed by atoms with Crippen molar-refractivity contribution in [2.45, 2.75) is 23.6 Å². The van der Waals surface area contributed by atoms with Gasteiger partial charge in [0.15, 0.2) is 17.9 Å². The molecule has 0 spiro atoms. The van der Waals surface area contributed by atoms with E-state index in [2.05, 4.69) is 20.6 Å². The summed E-state index contributed by atoms with van der Waals surface area (Å²) < 4.78 is 63.0. The Kier molecular flexibility index (Phi) is 13.5. The topological polar surface area (TPSA) is 210 Å². The van der Waals surface area contributed by atoms with Crippen LogP contribution in [0.4, 0.5) is 28.4 Å². The summed E-state index contributed by atoms with van der Waals surface area (Å²) in [6.07, 6.45) is 5.67. The van der Waals surface area contributed by atoms with Crippen molar-refractivity contribution in [3.8, 4) is 0 Å². The zero-order valence-electron chi connectivity index (χ0n) is 32.0. The summed E-state index contributed by atoms with van der Waals surface area (Å²) in [6.45, 7) is 3.68. The Hall–Kier alpha value is -6.72. The average Bonchev–Trinajstić information content (AvgIpc) is 3.18. The van der Waals surface area contributed by atoms with Crippen LogP contribution in [0.2, 0.25) is 0 Å². The van der Waals surface area contributed by atoms with Crippen LogP contribution < -0.4 is 26.4 Å². The molecule has 0 aliphatic rings. The molecule has 14 nitrogen and oxygen atoms in total. The number of carbonyl (C=O) groups excluding carboxylic acids is 1. The van der Waals surface area contributed by atoms with Gasteiger partial charge in [-0.1, -0.05) is 35.4 Å². The number of nitrogens with two attached hydrogens (primary N) is 1. The van der Waals surface area contributed by atoms with E-state index >= 15 is 0 Å². The average molecular weight is 821 g/mol. The summed E-state index contributed by atoms with van der Waals surface area (Å²) >= 11 is 0. The van der Waals surface area contributed by atoms with Gasteiger partial charge in [-0.25, -0.2) is 14.5 Å². The maximum absolute atomic E-state index is 12.8. The molecule has 0 saturated carbocycles. The summed E-state index contributed by atoms with van der Waals surface area (Å²) in [6, 6.07) is 36.3. The summed E-state index contributed by atoms with van der Waals surface area (Å²) in [5.41, 5.74) is 14.0. The zero-order valence-corrected chi connectivity index (χ0v) is 33.6. The molecule has 0 saturated heterocycles. The number of carbonyl (C=O) groups is 1. The number of amides is 1. The molecule has 0 aliphatic carbocycles. The molecule has 298 valence electrons. The number of nitrogens with zero attached hydrogens (tertiary/aromatic N) is 4. The van der Waals surface area contributed by atoms with Gasteiger partial charge < -0.3 is 20.9 Å². The van der Waals surface area contributed by atoms with Gasteiger partial charge in [0, 0.05) is 47.2 Å². The third kappa shape index (κ3) is 12.1. The first-order valence-electron chi connectivity index (χ1n) is 17.5. The van der Waals surface area contributed by atoms with Crippen molar-refractivity contribution < 1.29 is 35.3 Å². The molecular formula is C42H42N7O7S2+. The smallest absolute Gasteiger partial charge is 0.294 e. The van der Waals surface area contributed by atoms with Crippen molar-refractivity contribution in [2.75, 3.05) is 16.4 Å². The highest BCUT2D eigenvalue weighted by molar-refractivity contribution is 7.86. The van der Waals surface area contributed by atoms with E-state index in [1.54, 1.807) is 54.9 Å². The van der Waals surface area contributed by atoms with Crippen LogP contribution in [0.15, 0.2) is 161 Å². The van der Waals surface area contributed by atoms with E-state index in [9.17, 15) is 21.6 Å². The van der Waals surface area contributed by atoms with Crippen molar-refractivity contribution in [2.24, 2.45) is 19.1 Å². The minimum absolute atomic E-state index is 0.0666. The lowest BCUT2D eigenvalue weighted by molar-refractivity contribution is -0.671. The lowest BCUT2D eigenvalue weighted by Gasteiger charge is -2.09. The second-order valence-corrected chi connectivity index (χ2v) is 15.9. The Bertz CT molecular complexity index is 2740. The Morgan fingerprint density at radius 2 is 1.21 bits per heavy atom. The van der Waals surface area contributed by atoms with E-state index in [1.807, 2.05) is 104 Å². The van der Waals surface area contributed by atoms with Gasteiger partial charge in [0.2, 0.25) is 0 Å². The lowest BCUT2D eigenvalue weighted by Crippen LogP contribution is -2.25. The fourth-order valence-electron chi connectivity index (χ4n) is 5.22. The Morgan fingerprint density at radius 1 is 0.707 bits per heavy atom. The van der Waals surface area contributed by atoms with Crippen LogP contribution in [-0.2, 0) is 34.3 Å². The highest BCUT2D eigenvalue weighted by Crippen LogP contribution is 2.20. The largest absolute Gasteiger partial charge is 0.399 e. The third-order valence-electron chi connectivity index (χ3n) is 8.41. The van der Waals surface area contributed by atoms with Crippen molar-refractivity contribution in [3.63, 3.8) is 0 Å². The summed E-state index contributed by atoms with van der Waals surface area (Å²) in [4.78, 5) is 21.7. The number of benzene rings is 5. The molecule has 16 heteroatoms. The summed E-state index contributed by atoms with van der Waals surface area (Å²) in [5, 5.41) is 7.13. The lowest BCUT2D eigenvalue weighted by atomic mass is 10.2. The molecule has 2 heterocycles. The van der Waals surface area contributed by atoms with E-state index < -0.39 is 20.2 Å². The monoisotopic (exact) mass is 820 g/mol. The molecule has 0 atom stereocenters. The van der Waals surface area contributed by atoms with E-state index in [1.165, 1.54) is 24.3 Å². The molecule has 7 rings (SSSR count). The number of aromatic nitrogens is 3. The van der Waals surface area contributed by atoms with Crippen LogP contribution in [-0.4, -0.2) is 41.4 Å². The van der Waals surface area contributed by atoms with Gasteiger partial charge in [0.05, 0.1) is 33.0 Å². The van der Waals surface area contributed by atoms with Gasteiger partial charge in [0.1, 0.15) is 7.05 Å². The Labute approximate surface area is 336 Å². The predicted octanol–water partition coefficient (Wildman–Crippen LogP) is 6.69. The van der Waals surface area contributed by atoms with E-state index in [-0.39, 0.29) is 15.7 Å². The maximum Gasteiger partial charge on any atom is 0.294 e. The predicted molar refractivity (Wildman–Crippen MR) is 224 cm³/mol. The van der Waals surface area contributed by atoms with Crippen molar-refractivity contribution in [3.05, 3.63) is 168 Å². The van der Waals surface area contributed by atoms with Crippen LogP contribution in [0.5, 0.6) is 0 Å². The van der Waals surface area contributed by atoms with E-state index in [4.69, 9.17) is 14.8 Å². The highest BCUT2D eigenvalue weighted by atomic mass is 32.2. The molecule has 7 aromatic rings. The molecule has 0 bridgehead atoms. The van der Waals surface area contributed by atoms with Gasteiger partial charge in [-0.3, -0.25) is 13.9 Å². The van der Waals surface area contributed by atoms with Crippen LogP contribution in [0.3, 0.4) is 0 Å². The number of anilines is 4. The number of pyridine rings is 1. The molecular weight excluding hydrogens is 779 g/mol. The fraction of sp³-hybridized carbons (Fsp3) is 0.0952. The minimum atomic E-state index is -4.02. The minimum Gasteiger partial charge on any atom is -0.399 e. The SMILES string of the molecule is Cc1ccc(S(=O)(=O)O)cc1.Cc1ccc(S(=O)(=O)O)cc1.Cn1cnc(=Nc2ccc(C(=O)Nc3ccc(Nc4cc[n+](C)cc4)cc3)cc2)c2cc(N)ccc21. The number of nitrogen functional groups attached to an aromatic ring is 1. The fourth-order valence-corrected chi connectivity index (χ4v) is 6.18. The molecule has 0 fully saturated rings. The highest BCUT2D eigenvalue weighted by Gasteiger charge is 2.09. The molecule has 2 aromatic heterocycles. The van der Waals surface area contributed by atoms with Crippen molar-refractivity contribution in [1.29, 1.82) is 0 Å². The number of hydrogen-bond acceptors (Lipinski definition) is 9. The molecule has 1 amide bonds. The van der Waals surface area contributed by atoms with Crippen molar-refractivity contribution >= 4 is 65.5 Å². The van der Waals surface area contributed by atoms with Crippen molar-refractivity contribution in [1.82, 2.24) is 9.55 Å². The van der Waals surface area contributed by atoms with Crippen LogP contribution >= 0.6 is 0 Å². The molecule has 58 heavy (non-hydrogen) atoms. The van der Waals surface area contributed by atoms with Crippen LogP contribution in [0.25, 0.3) is 10.9 Å². The standard InChI is InChI=1S/C28H25N7O.2C7H8O3S/c1-34-15-13-24(14-16-34)31-21-8-10-23(11-9-21)33-28(36)19-3-6-22(7-4-19)32-27-25-17-20(29)5-12-26(25)35(2)18-30-27;2*1-6-2-4-7(5-3-6)11(8,9)10/h3-18H,29H2,1-2H3,(H,33,36);2*2-5H,1H3,(H,8,9,10)/p+1. The molecule has 5 aromatic carbocycles. The first-order valence-corrected chi connectivity index (χ1v) is 20.4. The van der Waals surface area contributed by atoms with Gasteiger partial charge in [-0.05, 0) is 105 Å². The molecule has 6 N–H and O–H groups in total. The van der Waals surface area contributed by atoms with Crippen LogP contribution in [0, 0.1) is 13.8 Å².